The fraction of sp³-hybridized carbons (Fsp3) is 0.278. The van der Waals surface area contributed by atoms with E-state index in [4.69, 9.17) is 5.73 Å². The lowest BCUT2D eigenvalue weighted by Gasteiger charge is -2.18. The smallest absolute Gasteiger partial charge is 0.230 e. The summed E-state index contributed by atoms with van der Waals surface area (Å²) >= 11 is 0. The van der Waals surface area contributed by atoms with E-state index in [0.29, 0.717) is 6.54 Å². The lowest BCUT2D eigenvalue weighted by atomic mass is 9.95. The van der Waals surface area contributed by atoms with Crippen molar-refractivity contribution in [2.45, 2.75) is 24.3 Å². The molecule has 1 aliphatic carbocycles. The van der Waals surface area contributed by atoms with Crippen LogP contribution in [0.25, 0.3) is 0 Å². The lowest BCUT2D eigenvalue weighted by molar-refractivity contribution is -0.123. The summed E-state index contributed by atoms with van der Waals surface area (Å²) < 4.78 is 0. The molecule has 2 aromatic carbocycles. The molecule has 1 fully saturated rings. The molecule has 0 aliphatic heterocycles. The first kappa shape index (κ1) is 13.8. The third-order valence-electron chi connectivity index (χ3n) is 4.22. The van der Waals surface area contributed by atoms with Crippen LogP contribution in [-0.4, -0.2) is 12.5 Å². The largest absolute Gasteiger partial charge is 0.353 e. The van der Waals surface area contributed by atoms with E-state index in [1.54, 1.807) is 0 Å². The summed E-state index contributed by atoms with van der Waals surface area (Å²) in [6.07, 6.45) is 1.84. The van der Waals surface area contributed by atoms with Gasteiger partial charge in [-0.25, -0.2) is 0 Å². The van der Waals surface area contributed by atoms with Crippen molar-refractivity contribution in [2.75, 3.05) is 6.54 Å². The summed E-state index contributed by atoms with van der Waals surface area (Å²) in [4.78, 5) is 12.5. The number of carbonyl (C=O) groups is 1. The number of amides is 1. The fourth-order valence-electron chi connectivity index (χ4n) is 2.72. The van der Waals surface area contributed by atoms with E-state index in [1.165, 1.54) is 0 Å². The molecule has 0 radical (unpaired) electrons. The highest BCUT2D eigenvalue weighted by Gasteiger charge is 2.50. The van der Waals surface area contributed by atoms with E-state index in [2.05, 4.69) is 5.32 Å². The normalized spacial score (nSPS) is 17.0. The Morgan fingerprint density at radius 3 is 2.19 bits per heavy atom. The van der Waals surface area contributed by atoms with Gasteiger partial charge in [-0.05, 0) is 24.0 Å². The average Bonchev–Trinajstić information content (AvgIpc) is 3.36. The molecule has 2 aromatic rings. The Labute approximate surface area is 125 Å². The Morgan fingerprint density at radius 2 is 1.62 bits per heavy atom. The average molecular weight is 280 g/mol. The van der Waals surface area contributed by atoms with Crippen molar-refractivity contribution in [1.29, 1.82) is 0 Å². The number of hydrogen-bond acceptors (Lipinski definition) is 2. The van der Waals surface area contributed by atoms with Crippen LogP contribution in [0.5, 0.6) is 0 Å². The van der Waals surface area contributed by atoms with Crippen molar-refractivity contribution in [2.24, 2.45) is 5.73 Å². The van der Waals surface area contributed by atoms with Gasteiger partial charge in [0.2, 0.25) is 5.91 Å². The lowest BCUT2D eigenvalue weighted by Crippen LogP contribution is -2.38. The molecule has 1 atom stereocenters. The second-order valence-electron chi connectivity index (χ2n) is 5.68. The monoisotopic (exact) mass is 280 g/mol. The van der Waals surface area contributed by atoms with Crippen LogP contribution in [0.2, 0.25) is 0 Å². The number of rotatable bonds is 5. The molecule has 21 heavy (non-hydrogen) atoms. The fourth-order valence-corrected chi connectivity index (χ4v) is 2.72. The highest BCUT2D eigenvalue weighted by atomic mass is 16.2. The minimum atomic E-state index is -0.322. The number of nitrogens with two attached hydrogens (primary N) is 1. The van der Waals surface area contributed by atoms with E-state index in [1.807, 2.05) is 60.7 Å². The minimum Gasteiger partial charge on any atom is -0.353 e. The van der Waals surface area contributed by atoms with E-state index in [0.717, 1.165) is 24.0 Å². The van der Waals surface area contributed by atoms with Gasteiger partial charge in [0.05, 0.1) is 5.41 Å². The Bertz CT molecular complexity index is 606. The molecule has 0 saturated heterocycles. The Morgan fingerprint density at radius 1 is 1.05 bits per heavy atom. The molecule has 3 N–H and O–H groups in total. The molecule has 3 rings (SSSR count). The van der Waals surface area contributed by atoms with Crippen molar-refractivity contribution >= 4 is 5.91 Å². The molecular weight excluding hydrogens is 260 g/mol. The molecular formula is C18H20N2O. The zero-order valence-corrected chi connectivity index (χ0v) is 12.0. The SMILES string of the molecule is NC(CNC(=O)C1(c2ccccc2)CC1)c1ccccc1. The summed E-state index contributed by atoms with van der Waals surface area (Å²) in [7, 11) is 0. The van der Waals surface area contributed by atoms with Gasteiger partial charge in [-0.1, -0.05) is 60.7 Å². The first-order valence-corrected chi connectivity index (χ1v) is 7.37. The van der Waals surface area contributed by atoms with Crippen LogP contribution in [0.4, 0.5) is 0 Å². The molecule has 0 heterocycles. The first-order chi connectivity index (χ1) is 10.2. The zero-order valence-electron chi connectivity index (χ0n) is 12.0. The Hall–Kier alpha value is -2.13. The minimum absolute atomic E-state index is 0.0973. The predicted molar refractivity (Wildman–Crippen MR) is 83.7 cm³/mol. The molecule has 3 heteroatoms. The molecule has 1 aliphatic rings. The molecule has 108 valence electrons. The van der Waals surface area contributed by atoms with Gasteiger partial charge in [0.25, 0.3) is 0 Å². The number of nitrogens with one attached hydrogen (secondary N) is 1. The van der Waals surface area contributed by atoms with Gasteiger partial charge < -0.3 is 11.1 Å². The summed E-state index contributed by atoms with van der Waals surface area (Å²) in [6, 6.07) is 19.7. The van der Waals surface area contributed by atoms with Gasteiger partial charge in [0, 0.05) is 12.6 Å². The van der Waals surface area contributed by atoms with E-state index in [-0.39, 0.29) is 17.4 Å². The second kappa shape index (κ2) is 5.70. The van der Waals surface area contributed by atoms with Gasteiger partial charge in [0.1, 0.15) is 0 Å². The third kappa shape index (κ3) is 2.83. The first-order valence-electron chi connectivity index (χ1n) is 7.37. The Balaban J connectivity index is 1.63. The van der Waals surface area contributed by atoms with Crippen LogP contribution < -0.4 is 11.1 Å². The van der Waals surface area contributed by atoms with Gasteiger partial charge in [0.15, 0.2) is 0 Å². The number of carbonyl (C=O) groups excluding carboxylic acids is 1. The van der Waals surface area contributed by atoms with Crippen molar-refractivity contribution in [3.05, 3.63) is 71.8 Å². The molecule has 0 aromatic heterocycles. The maximum atomic E-state index is 12.5. The van der Waals surface area contributed by atoms with Crippen LogP contribution >= 0.6 is 0 Å². The van der Waals surface area contributed by atoms with Crippen molar-refractivity contribution in [1.82, 2.24) is 5.32 Å². The van der Waals surface area contributed by atoms with Crippen LogP contribution in [0.1, 0.15) is 30.0 Å². The standard InChI is InChI=1S/C18H20N2O/c19-16(14-7-3-1-4-8-14)13-20-17(21)18(11-12-18)15-9-5-2-6-10-15/h1-10,16H,11-13,19H2,(H,20,21). The quantitative estimate of drug-likeness (QED) is 0.884. The summed E-state index contributed by atoms with van der Waals surface area (Å²) in [5.74, 6) is 0.0973. The van der Waals surface area contributed by atoms with Crippen molar-refractivity contribution < 1.29 is 4.79 Å². The van der Waals surface area contributed by atoms with Crippen LogP contribution in [0, 0.1) is 0 Å². The summed E-state index contributed by atoms with van der Waals surface area (Å²) in [6.45, 7) is 0.470. The highest BCUT2D eigenvalue weighted by Crippen LogP contribution is 2.48. The number of benzene rings is 2. The summed E-state index contributed by atoms with van der Waals surface area (Å²) in [5.41, 5.74) is 7.96. The van der Waals surface area contributed by atoms with E-state index >= 15 is 0 Å². The molecule has 3 nitrogen and oxygen atoms in total. The predicted octanol–water partition coefficient (Wildman–Crippen LogP) is 2.53. The van der Waals surface area contributed by atoms with Gasteiger partial charge >= 0.3 is 0 Å². The molecule has 0 bridgehead atoms. The third-order valence-corrected chi connectivity index (χ3v) is 4.22. The maximum Gasteiger partial charge on any atom is 0.230 e. The Kier molecular flexibility index (Phi) is 3.76. The van der Waals surface area contributed by atoms with Gasteiger partial charge in [-0.2, -0.15) is 0 Å². The van der Waals surface area contributed by atoms with Crippen LogP contribution in [0.15, 0.2) is 60.7 Å². The van der Waals surface area contributed by atoms with Crippen molar-refractivity contribution in [3.63, 3.8) is 0 Å². The number of hydrogen-bond donors (Lipinski definition) is 2. The van der Waals surface area contributed by atoms with Crippen LogP contribution in [0.3, 0.4) is 0 Å². The highest BCUT2D eigenvalue weighted by molar-refractivity contribution is 5.91. The van der Waals surface area contributed by atoms with Gasteiger partial charge in [-0.3, -0.25) is 4.79 Å². The summed E-state index contributed by atoms with van der Waals surface area (Å²) in [5, 5.41) is 3.02. The molecule has 1 unspecified atom stereocenters. The van der Waals surface area contributed by atoms with Crippen LogP contribution in [-0.2, 0) is 10.2 Å². The molecule has 1 saturated carbocycles. The van der Waals surface area contributed by atoms with Crippen molar-refractivity contribution in [3.8, 4) is 0 Å². The van der Waals surface area contributed by atoms with E-state index in [9.17, 15) is 4.79 Å². The second-order valence-corrected chi connectivity index (χ2v) is 5.68. The topological polar surface area (TPSA) is 55.1 Å². The van der Waals surface area contributed by atoms with Gasteiger partial charge in [-0.15, -0.1) is 0 Å². The molecule has 1 amide bonds. The molecule has 0 spiro atoms. The van der Waals surface area contributed by atoms with E-state index < -0.39 is 0 Å². The zero-order chi connectivity index (χ0) is 14.7. The maximum absolute atomic E-state index is 12.5.